The van der Waals surface area contributed by atoms with Crippen molar-refractivity contribution in [2.45, 2.75) is 44.6 Å². The van der Waals surface area contributed by atoms with E-state index in [1.807, 2.05) is 0 Å². The molecule has 0 bridgehead atoms. The van der Waals surface area contributed by atoms with E-state index in [4.69, 9.17) is 0 Å². The summed E-state index contributed by atoms with van der Waals surface area (Å²) in [6, 6.07) is 13.6. The van der Waals surface area contributed by atoms with Gasteiger partial charge in [-0.15, -0.1) is 0 Å². The first-order valence-corrected chi connectivity index (χ1v) is 9.28. The SMILES string of the molecule is c1ccc(CC2CCCN2c2cc(N3CCCCC3)ncn2)cc1. The van der Waals surface area contributed by atoms with Gasteiger partial charge in [0.2, 0.25) is 0 Å². The summed E-state index contributed by atoms with van der Waals surface area (Å²) < 4.78 is 0. The van der Waals surface area contributed by atoms with E-state index in [1.165, 1.54) is 37.7 Å². The second kappa shape index (κ2) is 7.20. The van der Waals surface area contributed by atoms with Crippen molar-refractivity contribution < 1.29 is 0 Å². The van der Waals surface area contributed by atoms with Crippen LogP contribution in [0.2, 0.25) is 0 Å². The second-order valence-electron chi connectivity index (χ2n) is 6.96. The highest BCUT2D eigenvalue weighted by atomic mass is 15.3. The van der Waals surface area contributed by atoms with Crippen molar-refractivity contribution in [1.82, 2.24) is 9.97 Å². The first-order chi connectivity index (χ1) is 11.9. The number of anilines is 2. The smallest absolute Gasteiger partial charge is 0.134 e. The summed E-state index contributed by atoms with van der Waals surface area (Å²) in [5.41, 5.74) is 1.42. The number of rotatable bonds is 4. The van der Waals surface area contributed by atoms with Crippen molar-refractivity contribution in [3.8, 4) is 0 Å². The molecule has 1 aromatic carbocycles. The van der Waals surface area contributed by atoms with Crippen molar-refractivity contribution in [1.29, 1.82) is 0 Å². The molecule has 1 aromatic heterocycles. The molecule has 2 saturated heterocycles. The molecule has 126 valence electrons. The normalized spacial score (nSPS) is 21.2. The highest BCUT2D eigenvalue weighted by Gasteiger charge is 2.26. The summed E-state index contributed by atoms with van der Waals surface area (Å²) in [5.74, 6) is 2.20. The van der Waals surface area contributed by atoms with Gasteiger partial charge in [-0.05, 0) is 44.1 Å². The molecule has 4 nitrogen and oxygen atoms in total. The molecular weight excluding hydrogens is 296 g/mol. The van der Waals surface area contributed by atoms with Gasteiger partial charge >= 0.3 is 0 Å². The van der Waals surface area contributed by atoms with Crippen molar-refractivity contribution in [2.24, 2.45) is 0 Å². The minimum atomic E-state index is 0.552. The molecule has 4 rings (SSSR count). The Hall–Kier alpha value is -2.10. The molecular formula is C20H26N4. The Balaban J connectivity index is 1.51. The van der Waals surface area contributed by atoms with Gasteiger partial charge in [0, 0.05) is 31.7 Å². The van der Waals surface area contributed by atoms with E-state index in [-0.39, 0.29) is 0 Å². The second-order valence-corrected chi connectivity index (χ2v) is 6.96. The third kappa shape index (κ3) is 3.37. The molecule has 0 radical (unpaired) electrons. The molecule has 2 aromatic rings. The van der Waals surface area contributed by atoms with E-state index < -0.39 is 0 Å². The molecule has 3 heterocycles. The summed E-state index contributed by atoms with van der Waals surface area (Å²) in [5, 5.41) is 0. The first kappa shape index (κ1) is 15.4. The zero-order valence-corrected chi connectivity index (χ0v) is 14.3. The molecule has 0 N–H and O–H groups in total. The van der Waals surface area contributed by atoms with Crippen LogP contribution < -0.4 is 9.80 Å². The van der Waals surface area contributed by atoms with Gasteiger partial charge in [0.1, 0.15) is 18.0 Å². The lowest BCUT2D eigenvalue weighted by atomic mass is 10.0. The summed E-state index contributed by atoms with van der Waals surface area (Å²) in [4.78, 5) is 14.0. The van der Waals surface area contributed by atoms with Gasteiger partial charge in [-0.1, -0.05) is 30.3 Å². The molecule has 0 saturated carbocycles. The van der Waals surface area contributed by atoms with Crippen molar-refractivity contribution >= 4 is 11.6 Å². The predicted molar refractivity (Wildman–Crippen MR) is 98.6 cm³/mol. The number of hydrogen-bond acceptors (Lipinski definition) is 4. The van der Waals surface area contributed by atoms with Crippen LogP contribution in [0.3, 0.4) is 0 Å². The van der Waals surface area contributed by atoms with Gasteiger partial charge in [-0.3, -0.25) is 0 Å². The number of aromatic nitrogens is 2. The summed E-state index contributed by atoms with van der Waals surface area (Å²) >= 11 is 0. The van der Waals surface area contributed by atoms with E-state index >= 15 is 0 Å². The fourth-order valence-corrected chi connectivity index (χ4v) is 4.03. The molecule has 1 atom stereocenters. The van der Waals surface area contributed by atoms with Crippen molar-refractivity contribution in [2.75, 3.05) is 29.4 Å². The predicted octanol–water partition coefficient (Wildman–Crippen LogP) is 3.68. The minimum Gasteiger partial charge on any atom is -0.356 e. The Labute approximate surface area is 144 Å². The van der Waals surface area contributed by atoms with E-state index in [2.05, 4.69) is 56.2 Å². The quantitative estimate of drug-likeness (QED) is 0.859. The fourth-order valence-electron chi connectivity index (χ4n) is 4.03. The Kier molecular flexibility index (Phi) is 4.63. The number of benzene rings is 1. The van der Waals surface area contributed by atoms with Gasteiger partial charge in [0.05, 0.1) is 0 Å². The third-order valence-corrected chi connectivity index (χ3v) is 5.30. The standard InChI is InChI=1S/C20H26N4/c1-3-8-17(9-4-1)14-18-10-7-13-24(18)20-15-19(21-16-22-20)23-11-5-2-6-12-23/h1,3-4,8-9,15-16,18H,2,5-7,10-14H2. The van der Waals surface area contributed by atoms with Crippen LogP contribution in [-0.4, -0.2) is 35.6 Å². The average Bonchev–Trinajstić information content (AvgIpc) is 3.12. The zero-order chi connectivity index (χ0) is 16.2. The van der Waals surface area contributed by atoms with Gasteiger partial charge in [-0.2, -0.15) is 0 Å². The highest BCUT2D eigenvalue weighted by molar-refractivity contribution is 5.51. The number of piperidine rings is 1. The van der Waals surface area contributed by atoms with Crippen molar-refractivity contribution in [3.05, 3.63) is 48.3 Å². The van der Waals surface area contributed by atoms with Crippen LogP contribution in [0.25, 0.3) is 0 Å². The topological polar surface area (TPSA) is 32.3 Å². The lowest BCUT2D eigenvalue weighted by Gasteiger charge is -2.30. The van der Waals surface area contributed by atoms with E-state index in [1.54, 1.807) is 6.33 Å². The largest absolute Gasteiger partial charge is 0.356 e. The van der Waals surface area contributed by atoms with Crippen molar-refractivity contribution in [3.63, 3.8) is 0 Å². The van der Waals surface area contributed by atoms with Gasteiger partial charge in [0.15, 0.2) is 0 Å². The first-order valence-electron chi connectivity index (χ1n) is 9.28. The van der Waals surface area contributed by atoms with Crippen LogP contribution in [0.4, 0.5) is 11.6 Å². The molecule has 0 amide bonds. The third-order valence-electron chi connectivity index (χ3n) is 5.30. The Morgan fingerprint density at radius 3 is 2.50 bits per heavy atom. The van der Waals surface area contributed by atoms with Crippen LogP contribution in [0.1, 0.15) is 37.7 Å². The fraction of sp³-hybridized carbons (Fsp3) is 0.500. The van der Waals surface area contributed by atoms with Crippen LogP contribution in [-0.2, 0) is 6.42 Å². The van der Waals surface area contributed by atoms with E-state index in [0.717, 1.165) is 37.7 Å². The highest BCUT2D eigenvalue weighted by Crippen LogP contribution is 2.28. The Bertz CT molecular complexity index is 652. The molecule has 0 aliphatic carbocycles. The van der Waals surface area contributed by atoms with Crippen LogP contribution in [0, 0.1) is 0 Å². The number of nitrogens with zero attached hydrogens (tertiary/aromatic N) is 4. The van der Waals surface area contributed by atoms with Gasteiger partial charge in [0.25, 0.3) is 0 Å². The summed E-state index contributed by atoms with van der Waals surface area (Å²) in [6.45, 7) is 3.36. The lowest BCUT2D eigenvalue weighted by molar-refractivity contribution is 0.572. The van der Waals surface area contributed by atoms with Crippen LogP contribution >= 0.6 is 0 Å². The maximum absolute atomic E-state index is 4.60. The summed E-state index contributed by atoms with van der Waals surface area (Å²) in [6.07, 6.45) is 9.25. The minimum absolute atomic E-state index is 0.552. The Morgan fingerprint density at radius 2 is 1.67 bits per heavy atom. The van der Waals surface area contributed by atoms with Gasteiger partial charge in [-0.25, -0.2) is 9.97 Å². The van der Waals surface area contributed by atoms with Gasteiger partial charge < -0.3 is 9.80 Å². The van der Waals surface area contributed by atoms with E-state index in [0.29, 0.717) is 6.04 Å². The molecule has 2 aliphatic heterocycles. The average molecular weight is 322 g/mol. The molecule has 4 heteroatoms. The zero-order valence-electron chi connectivity index (χ0n) is 14.3. The summed E-state index contributed by atoms with van der Waals surface area (Å²) in [7, 11) is 0. The van der Waals surface area contributed by atoms with Crippen LogP contribution in [0.15, 0.2) is 42.7 Å². The molecule has 2 fully saturated rings. The molecule has 2 aliphatic rings. The van der Waals surface area contributed by atoms with Crippen LogP contribution in [0.5, 0.6) is 0 Å². The molecule has 0 spiro atoms. The monoisotopic (exact) mass is 322 g/mol. The Morgan fingerprint density at radius 1 is 0.875 bits per heavy atom. The molecule has 24 heavy (non-hydrogen) atoms. The maximum Gasteiger partial charge on any atom is 0.134 e. The lowest BCUT2D eigenvalue weighted by Crippen LogP contribution is -2.33. The van der Waals surface area contributed by atoms with E-state index in [9.17, 15) is 0 Å². The molecule has 1 unspecified atom stereocenters. The maximum atomic E-state index is 4.60. The number of hydrogen-bond donors (Lipinski definition) is 0.